The number of amides is 1. The maximum Gasteiger partial charge on any atom is 0.337 e. The molecule has 138 valence electrons. The molecule has 8 heteroatoms. The van der Waals surface area contributed by atoms with Crippen LogP contribution in [0.4, 0.5) is 5.69 Å². The zero-order valence-electron chi connectivity index (χ0n) is 14.6. The molecule has 0 N–H and O–H groups in total. The number of methoxy groups -OCH3 is 1. The Labute approximate surface area is 148 Å². The van der Waals surface area contributed by atoms with Crippen molar-refractivity contribution in [1.29, 1.82) is 0 Å². The van der Waals surface area contributed by atoms with Crippen molar-refractivity contribution in [3.05, 3.63) is 29.8 Å². The minimum Gasteiger partial charge on any atom is -0.465 e. The van der Waals surface area contributed by atoms with Crippen molar-refractivity contribution < 1.29 is 22.7 Å². The lowest BCUT2D eigenvalue weighted by molar-refractivity contribution is -0.129. The summed E-state index contributed by atoms with van der Waals surface area (Å²) in [5.74, 6) is -0.787. The van der Waals surface area contributed by atoms with Crippen molar-refractivity contribution in [2.75, 3.05) is 37.3 Å². The lowest BCUT2D eigenvalue weighted by Crippen LogP contribution is -2.43. The molecule has 0 atom stereocenters. The number of likely N-dealkylation sites (tertiary alicyclic amines) is 1. The van der Waals surface area contributed by atoms with Gasteiger partial charge in [-0.2, -0.15) is 0 Å². The summed E-state index contributed by atoms with van der Waals surface area (Å²) in [4.78, 5) is 26.0. The van der Waals surface area contributed by atoms with Crippen LogP contribution in [0.1, 0.15) is 36.0 Å². The number of sulfonamides is 1. The number of anilines is 1. The van der Waals surface area contributed by atoms with E-state index < -0.39 is 16.0 Å². The van der Waals surface area contributed by atoms with Crippen LogP contribution in [0, 0.1) is 0 Å². The lowest BCUT2D eigenvalue weighted by atomic mass is 10.2. The van der Waals surface area contributed by atoms with Gasteiger partial charge < -0.3 is 9.64 Å². The van der Waals surface area contributed by atoms with Crippen molar-refractivity contribution in [2.45, 2.75) is 25.7 Å². The van der Waals surface area contributed by atoms with Gasteiger partial charge in [0, 0.05) is 13.1 Å². The number of carbonyl (C=O) groups is 2. The molecule has 1 aromatic carbocycles. The summed E-state index contributed by atoms with van der Waals surface area (Å²) in [6.07, 6.45) is 5.08. The van der Waals surface area contributed by atoms with E-state index in [4.69, 9.17) is 0 Å². The molecule has 7 nitrogen and oxygen atoms in total. The normalized spacial score (nSPS) is 15.4. The molecule has 0 saturated carbocycles. The minimum absolute atomic E-state index is 0.226. The largest absolute Gasteiger partial charge is 0.465 e. The molecule has 1 heterocycles. The van der Waals surface area contributed by atoms with E-state index in [9.17, 15) is 18.0 Å². The van der Waals surface area contributed by atoms with E-state index >= 15 is 0 Å². The second-order valence-corrected chi connectivity index (χ2v) is 8.01. The van der Waals surface area contributed by atoms with Crippen molar-refractivity contribution in [3.63, 3.8) is 0 Å². The van der Waals surface area contributed by atoms with E-state index in [1.165, 1.54) is 19.2 Å². The highest BCUT2D eigenvalue weighted by atomic mass is 32.2. The molecule has 1 aliphatic rings. The van der Waals surface area contributed by atoms with Crippen molar-refractivity contribution in [1.82, 2.24) is 4.90 Å². The van der Waals surface area contributed by atoms with Gasteiger partial charge in [-0.1, -0.05) is 18.9 Å². The van der Waals surface area contributed by atoms with Gasteiger partial charge in [0.2, 0.25) is 15.9 Å². The molecule has 0 radical (unpaired) electrons. The fraction of sp³-hybridized carbons (Fsp3) is 0.529. The second-order valence-electron chi connectivity index (χ2n) is 6.11. The molecule has 0 spiro atoms. The van der Waals surface area contributed by atoms with Gasteiger partial charge in [-0.25, -0.2) is 13.2 Å². The summed E-state index contributed by atoms with van der Waals surface area (Å²) < 4.78 is 30.1. The Balaban J connectivity index is 2.25. The summed E-state index contributed by atoms with van der Waals surface area (Å²) in [6.45, 7) is 1.03. The van der Waals surface area contributed by atoms with E-state index in [-0.39, 0.29) is 23.7 Å². The predicted molar refractivity (Wildman–Crippen MR) is 95.0 cm³/mol. The third-order valence-electron chi connectivity index (χ3n) is 4.19. The Morgan fingerprint density at radius 2 is 1.80 bits per heavy atom. The van der Waals surface area contributed by atoms with E-state index in [1.54, 1.807) is 17.0 Å². The number of benzene rings is 1. The average Bonchev–Trinajstić information content (AvgIpc) is 2.87. The van der Waals surface area contributed by atoms with Crippen LogP contribution in [0.25, 0.3) is 0 Å². The molecule has 25 heavy (non-hydrogen) atoms. The monoisotopic (exact) mass is 368 g/mol. The molecule has 0 bridgehead atoms. The Morgan fingerprint density at radius 3 is 2.36 bits per heavy atom. The molecule has 1 amide bonds. The fourth-order valence-electron chi connectivity index (χ4n) is 2.85. The van der Waals surface area contributed by atoms with Crippen LogP contribution in [0.2, 0.25) is 0 Å². The van der Waals surface area contributed by atoms with Gasteiger partial charge in [-0.3, -0.25) is 9.10 Å². The first-order chi connectivity index (χ1) is 11.8. The topological polar surface area (TPSA) is 84.0 Å². The van der Waals surface area contributed by atoms with Crippen LogP contribution in [-0.2, 0) is 19.6 Å². The number of esters is 1. The number of hydrogen-bond acceptors (Lipinski definition) is 5. The van der Waals surface area contributed by atoms with Crippen molar-refractivity contribution in [3.8, 4) is 0 Å². The van der Waals surface area contributed by atoms with Crippen LogP contribution in [0.15, 0.2) is 24.3 Å². The number of hydrogen-bond donors (Lipinski definition) is 0. The van der Waals surface area contributed by atoms with Crippen molar-refractivity contribution >= 4 is 27.6 Å². The Hall–Kier alpha value is -2.09. The fourth-order valence-corrected chi connectivity index (χ4v) is 3.69. The molecule has 0 unspecified atom stereocenters. The number of nitrogens with zero attached hydrogens (tertiary/aromatic N) is 2. The third-order valence-corrected chi connectivity index (χ3v) is 5.33. The van der Waals surface area contributed by atoms with Crippen LogP contribution in [0.5, 0.6) is 0 Å². The maximum atomic E-state index is 12.6. The maximum absolute atomic E-state index is 12.6. The van der Waals surface area contributed by atoms with Crippen LogP contribution in [-0.4, -0.2) is 58.2 Å². The van der Waals surface area contributed by atoms with E-state index in [2.05, 4.69) is 4.74 Å². The molecule has 1 saturated heterocycles. The second kappa shape index (κ2) is 8.33. The van der Waals surface area contributed by atoms with Gasteiger partial charge in [-0.15, -0.1) is 0 Å². The summed E-state index contributed by atoms with van der Waals surface area (Å²) >= 11 is 0. The third kappa shape index (κ3) is 5.19. The molecule has 1 fully saturated rings. The quantitative estimate of drug-likeness (QED) is 0.738. The van der Waals surface area contributed by atoms with Crippen molar-refractivity contribution in [2.24, 2.45) is 0 Å². The van der Waals surface area contributed by atoms with E-state index in [0.29, 0.717) is 13.1 Å². The van der Waals surface area contributed by atoms with Crippen LogP contribution < -0.4 is 4.31 Å². The highest BCUT2D eigenvalue weighted by Gasteiger charge is 2.25. The molecule has 0 aromatic heterocycles. The Kier molecular flexibility index (Phi) is 6.41. The minimum atomic E-state index is -3.68. The van der Waals surface area contributed by atoms with Gasteiger partial charge in [0.1, 0.15) is 6.54 Å². The smallest absolute Gasteiger partial charge is 0.337 e. The molecule has 2 rings (SSSR count). The van der Waals surface area contributed by atoms with Gasteiger partial charge in [0.25, 0.3) is 0 Å². The Bertz CT molecular complexity index is 724. The van der Waals surface area contributed by atoms with E-state index in [0.717, 1.165) is 36.2 Å². The molecule has 0 aliphatic carbocycles. The highest BCUT2D eigenvalue weighted by molar-refractivity contribution is 7.92. The number of carbonyl (C=O) groups excluding carboxylic acids is 2. The molecular formula is C17H24N2O5S. The van der Waals surface area contributed by atoms with Crippen LogP contribution >= 0.6 is 0 Å². The molecular weight excluding hydrogens is 344 g/mol. The summed E-state index contributed by atoms with van der Waals surface area (Å²) in [5.41, 5.74) is 0.504. The number of rotatable bonds is 5. The predicted octanol–water partition coefficient (Wildman–Crippen LogP) is 1.64. The summed E-state index contributed by atoms with van der Waals surface area (Å²) in [5, 5.41) is 0. The van der Waals surface area contributed by atoms with Gasteiger partial charge in [0.15, 0.2) is 0 Å². The van der Waals surface area contributed by atoms with Gasteiger partial charge >= 0.3 is 5.97 Å². The van der Waals surface area contributed by atoms with E-state index in [1.807, 2.05) is 0 Å². The highest BCUT2D eigenvalue weighted by Crippen LogP contribution is 2.20. The van der Waals surface area contributed by atoms with Gasteiger partial charge in [0.05, 0.1) is 24.6 Å². The number of ether oxygens (including phenoxy) is 1. The first kappa shape index (κ1) is 19.2. The Morgan fingerprint density at radius 1 is 1.16 bits per heavy atom. The summed E-state index contributed by atoms with van der Waals surface area (Å²) in [7, 11) is -2.42. The standard InChI is InChI=1S/C17H24N2O5S/c1-24-17(21)14-8-7-9-15(12-14)19(25(2,22)23)13-16(20)18-10-5-3-4-6-11-18/h7-9,12H,3-6,10-11,13H2,1-2H3. The average molecular weight is 368 g/mol. The molecule has 1 aromatic rings. The SMILES string of the molecule is COC(=O)c1cccc(N(CC(=O)N2CCCCCC2)S(C)(=O)=O)c1. The lowest BCUT2D eigenvalue weighted by Gasteiger charge is -2.26. The first-order valence-electron chi connectivity index (χ1n) is 8.27. The van der Waals surface area contributed by atoms with Crippen LogP contribution in [0.3, 0.4) is 0 Å². The zero-order chi connectivity index (χ0) is 18.4. The molecule has 1 aliphatic heterocycles. The zero-order valence-corrected chi connectivity index (χ0v) is 15.4. The first-order valence-corrected chi connectivity index (χ1v) is 10.1. The van der Waals surface area contributed by atoms with Gasteiger partial charge in [-0.05, 0) is 31.0 Å². The summed E-state index contributed by atoms with van der Waals surface area (Å²) in [6, 6.07) is 6.08.